The Morgan fingerprint density at radius 3 is 0.765 bits per heavy atom. The first-order chi connectivity index (χ1) is 42.2. The zero-order valence-electron chi connectivity index (χ0n) is 46.0. The fourth-order valence-corrected chi connectivity index (χ4v) is 12.2. The standard InChI is InChI=1S/C76H52N8S/c1-7-27-59(28-8-1)81(60-29-9-2-10-30-60)65-43-47-67(48-44-65)83(63-35-15-5-16-36-63)75-71-72(78-70(58-42-40-54-24-20-22-26-56(54)52-58)69(77-71)57-41-39-53-23-19-21-25-55(53)51-57)76(74-73(75)79-85-80-74)84(64-37-17-6-18-38-64)68-49-45-66(46-50-68)82(61-31-11-3-12-32-61)62-33-13-4-14-34-62/h1-52H. The van der Waals surface area contributed by atoms with E-state index in [9.17, 15) is 0 Å². The first-order valence-electron chi connectivity index (χ1n) is 28.4. The second kappa shape index (κ2) is 22.2. The summed E-state index contributed by atoms with van der Waals surface area (Å²) in [5, 5.41) is 4.49. The van der Waals surface area contributed by atoms with Gasteiger partial charge in [-0.2, -0.15) is 8.75 Å². The molecule has 15 rings (SSSR count). The molecule has 0 N–H and O–H groups in total. The maximum atomic E-state index is 6.06. The summed E-state index contributed by atoms with van der Waals surface area (Å²) in [6, 6.07) is 111. The molecule has 0 unspecified atom stereocenters. The number of para-hydroxylation sites is 6. The Kier molecular flexibility index (Phi) is 13.3. The Morgan fingerprint density at radius 1 is 0.212 bits per heavy atom. The second-order valence-corrected chi connectivity index (χ2v) is 21.3. The minimum Gasteiger partial charge on any atom is -0.311 e. The lowest BCUT2D eigenvalue weighted by Gasteiger charge is -2.31. The van der Waals surface area contributed by atoms with Crippen LogP contribution < -0.4 is 19.6 Å². The molecule has 13 aromatic carbocycles. The Hall–Kier alpha value is -11.3. The van der Waals surface area contributed by atoms with Gasteiger partial charge < -0.3 is 19.6 Å². The molecule has 0 atom stereocenters. The van der Waals surface area contributed by atoms with Gasteiger partial charge in [-0.05, 0) is 155 Å². The van der Waals surface area contributed by atoms with Crippen LogP contribution in [0.5, 0.6) is 0 Å². The molecule has 2 heterocycles. The highest BCUT2D eigenvalue weighted by molar-refractivity contribution is 7.00. The molecule has 9 heteroatoms. The van der Waals surface area contributed by atoms with Crippen LogP contribution in [0.3, 0.4) is 0 Å². The van der Waals surface area contributed by atoms with Gasteiger partial charge in [0.15, 0.2) is 0 Å². The average Bonchev–Trinajstić information content (AvgIpc) is 2.75. The van der Waals surface area contributed by atoms with Crippen molar-refractivity contribution in [3.8, 4) is 22.5 Å². The zero-order chi connectivity index (χ0) is 56.5. The van der Waals surface area contributed by atoms with E-state index in [1.54, 1.807) is 0 Å². The van der Waals surface area contributed by atoms with E-state index in [1.807, 2.05) is 0 Å². The van der Waals surface area contributed by atoms with E-state index in [4.69, 9.17) is 18.7 Å². The van der Waals surface area contributed by atoms with Crippen LogP contribution in [0.2, 0.25) is 0 Å². The van der Waals surface area contributed by atoms with Crippen molar-refractivity contribution in [2.45, 2.75) is 0 Å². The van der Waals surface area contributed by atoms with E-state index in [0.29, 0.717) is 22.1 Å². The lowest BCUT2D eigenvalue weighted by atomic mass is 9.98. The largest absolute Gasteiger partial charge is 0.311 e. The van der Waals surface area contributed by atoms with Crippen LogP contribution in [-0.2, 0) is 0 Å². The second-order valence-electron chi connectivity index (χ2n) is 20.8. The molecule has 0 aliphatic heterocycles. The van der Waals surface area contributed by atoms with Crippen molar-refractivity contribution in [2.24, 2.45) is 0 Å². The van der Waals surface area contributed by atoms with Crippen LogP contribution in [0, 0.1) is 0 Å². The molecular formula is C76H52N8S. The van der Waals surface area contributed by atoms with E-state index in [-0.39, 0.29) is 0 Å². The monoisotopic (exact) mass is 1110 g/mol. The third kappa shape index (κ3) is 9.60. The molecule has 0 amide bonds. The van der Waals surface area contributed by atoms with Gasteiger partial charge in [0.05, 0.1) is 23.1 Å². The van der Waals surface area contributed by atoms with Gasteiger partial charge in [-0.1, -0.05) is 182 Å². The van der Waals surface area contributed by atoms with Gasteiger partial charge in [0.1, 0.15) is 33.4 Å². The highest BCUT2D eigenvalue weighted by Crippen LogP contribution is 2.52. The lowest BCUT2D eigenvalue weighted by Crippen LogP contribution is -2.16. The van der Waals surface area contributed by atoms with Crippen LogP contribution in [0.15, 0.2) is 315 Å². The smallest absolute Gasteiger partial charge is 0.133 e. The minimum atomic E-state index is 0.655. The molecule has 0 aliphatic carbocycles. The maximum absolute atomic E-state index is 6.06. The first-order valence-corrected chi connectivity index (χ1v) is 29.1. The van der Waals surface area contributed by atoms with Crippen molar-refractivity contribution in [1.82, 2.24) is 18.7 Å². The van der Waals surface area contributed by atoms with Gasteiger partial charge in [-0.25, -0.2) is 9.97 Å². The molecule has 15 aromatic rings. The van der Waals surface area contributed by atoms with E-state index >= 15 is 0 Å². The van der Waals surface area contributed by atoms with Crippen molar-refractivity contribution >= 4 is 124 Å². The highest BCUT2D eigenvalue weighted by Gasteiger charge is 2.32. The van der Waals surface area contributed by atoms with Crippen LogP contribution in [0.4, 0.5) is 68.2 Å². The van der Waals surface area contributed by atoms with Gasteiger partial charge in [-0.3, -0.25) is 0 Å². The summed E-state index contributed by atoms with van der Waals surface area (Å²) in [5.41, 5.74) is 17.5. The van der Waals surface area contributed by atoms with Crippen LogP contribution >= 0.6 is 11.7 Å². The number of anilines is 12. The summed E-state index contributed by atoms with van der Waals surface area (Å²) in [5.74, 6) is 0. The molecule has 2 aromatic heterocycles. The molecule has 0 bridgehead atoms. The maximum Gasteiger partial charge on any atom is 0.133 e. The Morgan fingerprint density at radius 2 is 0.459 bits per heavy atom. The Balaban J connectivity index is 1.02. The Bertz CT molecular complexity index is 4440. The third-order valence-electron chi connectivity index (χ3n) is 15.6. The van der Waals surface area contributed by atoms with Crippen molar-refractivity contribution in [2.75, 3.05) is 19.6 Å². The van der Waals surface area contributed by atoms with Crippen LogP contribution in [-0.4, -0.2) is 18.7 Å². The predicted molar refractivity (Wildman–Crippen MR) is 355 cm³/mol. The lowest BCUT2D eigenvalue weighted by molar-refractivity contribution is 1.23. The number of nitrogens with zero attached hydrogens (tertiary/aromatic N) is 8. The van der Waals surface area contributed by atoms with Crippen LogP contribution in [0.25, 0.3) is 66.1 Å². The number of rotatable bonds is 14. The average molecular weight is 1110 g/mol. The van der Waals surface area contributed by atoms with Gasteiger partial charge in [0.2, 0.25) is 0 Å². The first kappa shape index (κ1) is 50.7. The fraction of sp³-hybridized carbons (Fsp3) is 0. The van der Waals surface area contributed by atoms with Crippen molar-refractivity contribution in [3.05, 3.63) is 315 Å². The topological polar surface area (TPSA) is 64.5 Å². The molecule has 0 spiro atoms. The van der Waals surface area contributed by atoms with Crippen LogP contribution in [0.1, 0.15) is 0 Å². The SMILES string of the molecule is c1ccc(N(c2ccccc2)c2ccc(N(c3ccccc3)c3c4nsnc4c(N(c4ccccc4)c4ccc(N(c5ccccc5)c5ccccc5)cc4)c4nc(-c5ccc6ccccc6c5)c(-c5ccc6ccccc6c5)nc34)cc2)cc1. The van der Waals surface area contributed by atoms with Gasteiger partial charge in [-0.15, -0.1) is 0 Å². The molecule has 0 radical (unpaired) electrons. The normalized spacial score (nSPS) is 11.3. The number of benzene rings is 13. The summed E-state index contributed by atoms with van der Waals surface area (Å²) in [6.07, 6.45) is 0. The van der Waals surface area contributed by atoms with Crippen molar-refractivity contribution in [1.29, 1.82) is 0 Å². The zero-order valence-corrected chi connectivity index (χ0v) is 46.8. The number of hydrogen-bond donors (Lipinski definition) is 0. The van der Waals surface area contributed by atoms with E-state index in [1.165, 1.54) is 11.7 Å². The fourth-order valence-electron chi connectivity index (χ4n) is 11.7. The molecular weight excluding hydrogens is 1060 g/mol. The molecule has 0 fully saturated rings. The molecule has 0 aliphatic rings. The van der Waals surface area contributed by atoms with Crippen molar-refractivity contribution in [3.63, 3.8) is 0 Å². The molecule has 8 nitrogen and oxygen atoms in total. The predicted octanol–water partition coefficient (Wildman–Crippen LogP) is 21.2. The molecule has 0 saturated carbocycles. The molecule has 85 heavy (non-hydrogen) atoms. The quantitative estimate of drug-likeness (QED) is 0.0998. The minimum absolute atomic E-state index is 0.655. The summed E-state index contributed by atoms with van der Waals surface area (Å²) < 4.78 is 10.7. The summed E-state index contributed by atoms with van der Waals surface area (Å²) in [4.78, 5) is 21.3. The number of hydrogen-bond acceptors (Lipinski definition) is 9. The van der Waals surface area contributed by atoms with Crippen molar-refractivity contribution < 1.29 is 0 Å². The Labute approximate surface area is 497 Å². The molecule has 0 saturated heterocycles. The van der Waals surface area contributed by atoms with E-state index < -0.39 is 0 Å². The van der Waals surface area contributed by atoms with Gasteiger partial charge in [0.25, 0.3) is 0 Å². The number of fused-ring (bicyclic) bond motifs is 4. The van der Waals surface area contributed by atoms with Gasteiger partial charge in [0, 0.05) is 68.0 Å². The summed E-state index contributed by atoms with van der Waals surface area (Å²) in [6.45, 7) is 0. The number of aromatic nitrogens is 4. The molecule has 402 valence electrons. The van der Waals surface area contributed by atoms with E-state index in [0.717, 1.165) is 112 Å². The van der Waals surface area contributed by atoms with E-state index in [2.05, 4.69) is 335 Å². The summed E-state index contributed by atoms with van der Waals surface area (Å²) >= 11 is 1.19. The summed E-state index contributed by atoms with van der Waals surface area (Å²) in [7, 11) is 0. The van der Waals surface area contributed by atoms with Gasteiger partial charge >= 0.3 is 0 Å². The highest BCUT2D eigenvalue weighted by atomic mass is 32.1. The third-order valence-corrected chi connectivity index (χ3v) is 16.1.